The average molecular weight is 980 g/mol. The van der Waals surface area contributed by atoms with E-state index in [-0.39, 0.29) is 16.2 Å². The highest BCUT2D eigenvalue weighted by Gasteiger charge is 2.40. The monoisotopic (exact) mass is 979 g/mol. The maximum Gasteiger partial charge on any atom is 0.136 e. The molecular formula is C74H61NO. The normalized spacial score (nSPS) is 14.3. The molecule has 0 saturated carbocycles. The van der Waals surface area contributed by atoms with E-state index < -0.39 is 0 Å². The molecule has 2 heteroatoms. The molecule has 1 unspecified atom stereocenters. The van der Waals surface area contributed by atoms with E-state index in [4.69, 9.17) is 4.42 Å². The maximum absolute atomic E-state index is 6.53. The Kier molecular flexibility index (Phi) is 11.1. The molecule has 11 aromatic carbocycles. The Morgan fingerprint density at radius 3 is 1.63 bits per heavy atom. The Morgan fingerprint density at radius 1 is 0.355 bits per heavy atom. The van der Waals surface area contributed by atoms with E-state index in [2.05, 4.69) is 290 Å². The quantitative estimate of drug-likeness (QED) is 0.151. The van der Waals surface area contributed by atoms with Crippen molar-refractivity contribution in [2.75, 3.05) is 4.90 Å². The van der Waals surface area contributed by atoms with E-state index >= 15 is 0 Å². The van der Waals surface area contributed by atoms with E-state index in [1.165, 1.54) is 77.5 Å². The van der Waals surface area contributed by atoms with Crippen LogP contribution in [0.15, 0.2) is 247 Å². The molecule has 13 rings (SSSR count). The van der Waals surface area contributed by atoms with Crippen LogP contribution in [-0.2, 0) is 16.2 Å². The first kappa shape index (κ1) is 47.0. The fraction of sp³-hybridized carbons (Fsp3) is 0.135. The first-order valence-corrected chi connectivity index (χ1v) is 26.8. The van der Waals surface area contributed by atoms with Crippen LogP contribution >= 0.6 is 0 Å². The molecule has 2 nitrogen and oxygen atoms in total. The first-order valence-electron chi connectivity index (χ1n) is 26.8. The van der Waals surface area contributed by atoms with Gasteiger partial charge in [-0.2, -0.15) is 0 Å². The molecule has 1 aliphatic carbocycles. The van der Waals surface area contributed by atoms with Gasteiger partial charge in [-0.05, 0) is 149 Å². The van der Waals surface area contributed by atoms with Gasteiger partial charge in [-0.25, -0.2) is 0 Å². The van der Waals surface area contributed by atoms with E-state index in [1.54, 1.807) is 0 Å². The van der Waals surface area contributed by atoms with Gasteiger partial charge in [0.05, 0.1) is 11.4 Å². The van der Waals surface area contributed by atoms with Crippen molar-refractivity contribution >= 4 is 49.8 Å². The van der Waals surface area contributed by atoms with Crippen molar-refractivity contribution in [1.29, 1.82) is 0 Å². The van der Waals surface area contributed by atoms with Crippen molar-refractivity contribution in [2.45, 2.75) is 64.7 Å². The van der Waals surface area contributed by atoms with Crippen LogP contribution in [0.25, 0.3) is 88.3 Å². The molecule has 76 heavy (non-hydrogen) atoms. The predicted molar refractivity (Wildman–Crippen MR) is 322 cm³/mol. The van der Waals surface area contributed by atoms with Crippen molar-refractivity contribution in [3.05, 3.63) is 270 Å². The molecule has 0 spiro atoms. The second kappa shape index (κ2) is 18.0. The van der Waals surface area contributed by atoms with Crippen LogP contribution in [0.2, 0.25) is 0 Å². The number of furan rings is 1. The van der Waals surface area contributed by atoms with Gasteiger partial charge in [-0.3, -0.25) is 0 Å². The van der Waals surface area contributed by atoms with Gasteiger partial charge in [0.15, 0.2) is 0 Å². The smallest absolute Gasteiger partial charge is 0.136 e. The van der Waals surface area contributed by atoms with Crippen molar-refractivity contribution in [2.24, 2.45) is 0 Å². The van der Waals surface area contributed by atoms with Crippen LogP contribution < -0.4 is 4.90 Å². The van der Waals surface area contributed by atoms with Gasteiger partial charge in [0.25, 0.3) is 0 Å². The minimum atomic E-state index is -0.287. The number of hydrogen-bond acceptors (Lipinski definition) is 2. The summed E-state index contributed by atoms with van der Waals surface area (Å²) in [7, 11) is 0. The highest BCUT2D eigenvalue weighted by molar-refractivity contribution is 6.10. The molecule has 0 amide bonds. The third-order valence-corrected chi connectivity index (χ3v) is 16.3. The van der Waals surface area contributed by atoms with E-state index in [9.17, 15) is 0 Å². The number of para-hydroxylation sites is 3. The van der Waals surface area contributed by atoms with Crippen LogP contribution in [0.1, 0.15) is 76.3 Å². The molecule has 1 aromatic heterocycles. The van der Waals surface area contributed by atoms with Crippen LogP contribution in [0.4, 0.5) is 17.1 Å². The molecule has 1 aliphatic rings. The van der Waals surface area contributed by atoms with Crippen LogP contribution in [0.5, 0.6) is 0 Å². The van der Waals surface area contributed by atoms with Crippen LogP contribution in [0, 0.1) is 0 Å². The molecule has 0 radical (unpaired) electrons. The van der Waals surface area contributed by atoms with Crippen molar-refractivity contribution in [3.63, 3.8) is 0 Å². The molecular weight excluding hydrogens is 919 g/mol. The van der Waals surface area contributed by atoms with Gasteiger partial charge < -0.3 is 9.32 Å². The predicted octanol–water partition coefficient (Wildman–Crippen LogP) is 20.8. The molecule has 368 valence electrons. The first-order chi connectivity index (χ1) is 36.8. The molecule has 0 saturated heterocycles. The lowest BCUT2D eigenvalue weighted by Gasteiger charge is -2.30. The Morgan fingerprint density at radius 2 is 0.908 bits per heavy atom. The molecule has 0 bridgehead atoms. The zero-order valence-electron chi connectivity index (χ0n) is 44.4. The standard InChI is InChI=1S/C74H61NO/c1-72(2,3)54-43-52(44-55(47-54)73(4,5)6)58-29-19-21-49-22-20-30-64(71(49)58)61-27-13-17-33-68(61)75(67-32-16-12-25-57(67)51-38-42-63-62-28-14-18-34-69(62)76-70(63)46-51)56-39-35-48(36-40-56)50-37-41-60-59-26-11-15-31-65(59)74(7,66(60)45-50)53-23-9-8-10-24-53/h8-47H,1-7H3. The largest absolute Gasteiger partial charge is 0.456 e. The summed E-state index contributed by atoms with van der Waals surface area (Å²) in [5.41, 5.74) is 23.3. The van der Waals surface area contributed by atoms with Crippen LogP contribution in [-0.4, -0.2) is 0 Å². The van der Waals surface area contributed by atoms with Gasteiger partial charge in [0.2, 0.25) is 0 Å². The average Bonchev–Trinajstić information content (AvgIpc) is 3.96. The molecule has 0 fully saturated rings. The van der Waals surface area contributed by atoms with Crippen molar-refractivity contribution in [3.8, 4) is 55.6 Å². The van der Waals surface area contributed by atoms with Crippen LogP contribution in [0.3, 0.4) is 0 Å². The minimum absolute atomic E-state index is 0.0243. The molecule has 0 N–H and O–H groups in total. The number of fused-ring (bicyclic) bond motifs is 7. The summed E-state index contributed by atoms with van der Waals surface area (Å²) in [5, 5.41) is 4.69. The highest BCUT2D eigenvalue weighted by Crippen LogP contribution is 2.54. The molecule has 1 atom stereocenters. The number of nitrogens with zero attached hydrogens (tertiary/aromatic N) is 1. The number of benzene rings is 11. The fourth-order valence-electron chi connectivity index (χ4n) is 12.1. The minimum Gasteiger partial charge on any atom is -0.456 e. The van der Waals surface area contributed by atoms with E-state index in [0.29, 0.717) is 0 Å². The SMILES string of the molecule is CC(C)(C)c1cc(-c2cccc3cccc(-c4ccccc4N(c4ccc(-c5ccc6c(c5)C(C)(c5ccccc5)c5ccccc5-6)cc4)c4ccccc4-c4ccc5c(c4)oc4ccccc45)c23)cc(C(C)(C)C)c1. The zero-order chi connectivity index (χ0) is 51.9. The van der Waals surface area contributed by atoms with E-state index in [0.717, 1.165) is 55.7 Å². The summed E-state index contributed by atoms with van der Waals surface area (Å²) in [4.78, 5) is 2.47. The van der Waals surface area contributed by atoms with Gasteiger partial charge in [-0.1, -0.05) is 236 Å². The summed E-state index contributed by atoms with van der Waals surface area (Å²) in [5.74, 6) is 0. The lowest BCUT2D eigenvalue weighted by atomic mass is 9.74. The van der Waals surface area contributed by atoms with E-state index in [1.807, 2.05) is 6.07 Å². The third-order valence-electron chi connectivity index (χ3n) is 16.3. The Balaban J connectivity index is 0.999. The lowest BCUT2D eigenvalue weighted by Crippen LogP contribution is -2.22. The fourth-order valence-corrected chi connectivity index (χ4v) is 12.1. The Labute approximate surface area is 447 Å². The van der Waals surface area contributed by atoms with Gasteiger partial charge >= 0.3 is 0 Å². The summed E-state index contributed by atoms with van der Waals surface area (Å²) < 4.78 is 6.53. The zero-order valence-corrected chi connectivity index (χ0v) is 44.4. The number of hydrogen-bond donors (Lipinski definition) is 0. The van der Waals surface area contributed by atoms with Gasteiger partial charge in [0.1, 0.15) is 11.2 Å². The Hall–Kier alpha value is -8.72. The second-order valence-electron chi connectivity index (χ2n) is 23.0. The van der Waals surface area contributed by atoms with Crippen molar-refractivity contribution in [1.82, 2.24) is 0 Å². The second-order valence-corrected chi connectivity index (χ2v) is 23.0. The lowest BCUT2D eigenvalue weighted by molar-refractivity contribution is 0.569. The molecule has 1 heterocycles. The summed E-state index contributed by atoms with van der Waals surface area (Å²) >= 11 is 0. The maximum atomic E-state index is 6.53. The van der Waals surface area contributed by atoms with Gasteiger partial charge in [-0.15, -0.1) is 0 Å². The molecule has 12 aromatic rings. The summed E-state index contributed by atoms with van der Waals surface area (Å²) in [6, 6.07) is 90.0. The topological polar surface area (TPSA) is 16.4 Å². The number of anilines is 3. The highest BCUT2D eigenvalue weighted by atomic mass is 16.3. The Bertz CT molecular complexity index is 4160. The third kappa shape index (κ3) is 7.86. The van der Waals surface area contributed by atoms with Crippen molar-refractivity contribution < 1.29 is 4.42 Å². The molecule has 0 aliphatic heterocycles. The van der Waals surface area contributed by atoms with Gasteiger partial charge in [0, 0.05) is 33.0 Å². The summed E-state index contributed by atoms with van der Waals surface area (Å²) in [6.45, 7) is 16.3. The summed E-state index contributed by atoms with van der Waals surface area (Å²) in [6.07, 6.45) is 0. The number of rotatable bonds is 8.